The molecule has 0 atom stereocenters. The second-order valence-corrected chi connectivity index (χ2v) is 5.50. The molecular formula is C8H8Cl2N6S2. The SMILES string of the molecule is Clc1nsnc1N1CCN(c2nsnc2Cl)CC1. The molecule has 0 bridgehead atoms. The van der Waals surface area contributed by atoms with Crippen LogP contribution in [0.15, 0.2) is 0 Å². The lowest BCUT2D eigenvalue weighted by molar-refractivity contribution is 0.645. The number of halogens is 2. The van der Waals surface area contributed by atoms with Crippen molar-refractivity contribution in [1.29, 1.82) is 0 Å². The minimum Gasteiger partial charge on any atom is -0.350 e. The predicted octanol–water partition coefficient (Wildman–Crippen LogP) is 2.02. The van der Waals surface area contributed by atoms with Crippen LogP contribution < -0.4 is 9.80 Å². The molecule has 1 aliphatic heterocycles. The van der Waals surface area contributed by atoms with Gasteiger partial charge in [0.15, 0.2) is 21.9 Å². The number of hydrogen-bond acceptors (Lipinski definition) is 8. The molecule has 2 aromatic rings. The van der Waals surface area contributed by atoms with E-state index in [1.54, 1.807) is 0 Å². The third-order valence-electron chi connectivity index (χ3n) is 2.74. The van der Waals surface area contributed by atoms with Crippen molar-refractivity contribution in [3.8, 4) is 0 Å². The van der Waals surface area contributed by atoms with E-state index < -0.39 is 0 Å². The fourth-order valence-electron chi connectivity index (χ4n) is 1.85. The monoisotopic (exact) mass is 322 g/mol. The minimum atomic E-state index is 0.474. The summed E-state index contributed by atoms with van der Waals surface area (Å²) in [6.45, 7) is 3.27. The zero-order chi connectivity index (χ0) is 12.5. The second-order valence-electron chi connectivity index (χ2n) is 3.73. The normalized spacial score (nSPS) is 16.3. The third kappa shape index (κ3) is 2.25. The highest BCUT2D eigenvalue weighted by molar-refractivity contribution is 7.00. The topological polar surface area (TPSA) is 58.0 Å². The van der Waals surface area contributed by atoms with Crippen LogP contribution in [0.4, 0.5) is 11.6 Å². The molecule has 1 aliphatic rings. The largest absolute Gasteiger partial charge is 0.350 e. The Morgan fingerprint density at radius 2 is 1.11 bits per heavy atom. The maximum absolute atomic E-state index is 5.97. The third-order valence-corrected chi connectivity index (χ3v) is 4.49. The van der Waals surface area contributed by atoms with Crippen LogP contribution in [0.5, 0.6) is 0 Å². The number of rotatable bonds is 2. The molecule has 96 valence electrons. The van der Waals surface area contributed by atoms with E-state index in [1.807, 2.05) is 0 Å². The van der Waals surface area contributed by atoms with Gasteiger partial charge in [0, 0.05) is 26.2 Å². The number of anilines is 2. The van der Waals surface area contributed by atoms with Crippen molar-refractivity contribution < 1.29 is 0 Å². The van der Waals surface area contributed by atoms with Gasteiger partial charge in [0.25, 0.3) is 0 Å². The van der Waals surface area contributed by atoms with Crippen LogP contribution in [-0.4, -0.2) is 43.7 Å². The Labute approximate surface area is 122 Å². The molecule has 0 spiro atoms. The minimum absolute atomic E-state index is 0.474. The maximum Gasteiger partial charge on any atom is 0.187 e. The zero-order valence-corrected chi connectivity index (χ0v) is 12.2. The Morgan fingerprint density at radius 1 is 0.722 bits per heavy atom. The van der Waals surface area contributed by atoms with Gasteiger partial charge in [0.05, 0.1) is 23.5 Å². The van der Waals surface area contributed by atoms with Crippen molar-refractivity contribution in [1.82, 2.24) is 17.5 Å². The standard InChI is InChI=1S/C8H8Cl2N6S2/c9-5-7(13-17-11-5)15-1-2-16(4-3-15)8-6(10)12-18-14-8/h1-4H2. The fourth-order valence-corrected chi connectivity index (χ4v) is 3.41. The summed E-state index contributed by atoms with van der Waals surface area (Å²) in [5.74, 6) is 1.53. The van der Waals surface area contributed by atoms with Gasteiger partial charge in [-0.1, -0.05) is 23.2 Å². The van der Waals surface area contributed by atoms with Gasteiger partial charge in [-0.05, 0) is 0 Å². The van der Waals surface area contributed by atoms with E-state index >= 15 is 0 Å². The van der Waals surface area contributed by atoms with Gasteiger partial charge in [0.2, 0.25) is 0 Å². The quantitative estimate of drug-likeness (QED) is 0.843. The molecule has 18 heavy (non-hydrogen) atoms. The van der Waals surface area contributed by atoms with Crippen LogP contribution in [0.3, 0.4) is 0 Å². The lowest BCUT2D eigenvalue weighted by Gasteiger charge is -2.34. The van der Waals surface area contributed by atoms with Crippen LogP contribution in [-0.2, 0) is 0 Å². The van der Waals surface area contributed by atoms with E-state index in [2.05, 4.69) is 27.3 Å². The Kier molecular flexibility index (Phi) is 3.51. The van der Waals surface area contributed by atoms with Gasteiger partial charge in [-0.15, -0.1) is 0 Å². The van der Waals surface area contributed by atoms with Crippen molar-refractivity contribution in [2.75, 3.05) is 36.0 Å². The number of piperazine rings is 1. The maximum atomic E-state index is 5.97. The van der Waals surface area contributed by atoms with Crippen molar-refractivity contribution in [2.45, 2.75) is 0 Å². The van der Waals surface area contributed by atoms with Crippen LogP contribution in [0.2, 0.25) is 10.3 Å². The first kappa shape index (κ1) is 12.3. The summed E-state index contributed by atoms with van der Waals surface area (Å²) < 4.78 is 16.3. The molecule has 1 saturated heterocycles. The Morgan fingerprint density at radius 3 is 1.39 bits per heavy atom. The lowest BCUT2D eigenvalue weighted by Crippen LogP contribution is -2.47. The smallest absolute Gasteiger partial charge is 0.187 e. The Hall–Kier alpha value is -0.700. The van der Waals surface area contributed by atoms with E-state index in [-0.39, 0.29) is 0 Å². The van der Waals surface area contributed by atoms with E-state index in [4.69, 9.17) is 23.2 Å². The van der Waals surface area contributed by atoms with Crippen molar-refractivity contribution in [3.05, 3.63) is 10.3 Å². The van der Waals surface area contributed by atoms with Gasteiger partial charge in [-0.3, -0.25) is 0 Å². The first-order valence-corrected chi connectivity index (χ1v) is 7.43. The first-order valence-electron chi connectivity index (χ1n) is 5.21. The van der Waals surface area contributed by atoms with Crippen molar-refractivity contribution in [2.24, 2.45) is 0 Å². The van der Waals surface area contributed by atoms with Gasteiger partial charge in [-0.2, -0.15) is 17.5 Å². The Balaban J connectivity index is 1.69. The number of nitrogens with zero attached hydrogens (tertiary/aromatic N) is 6. The van der Waals surface area contributed by atoms with E-state index in [9.17, 15) is 0 Å². The van der Waals surface area contributed by atoms with Gasteiger partial charge < -0.3 is 9.80 Å². The molecule has 0 amide bonds. The average Bonchev–Trinajstić information content (AvgIpc) is 2.98. The average molecular weight is 323 g/mol. The molecule has 3 rings (SSSR count). The molecule has 1 fully saturated rings. The molecule has 2 aromatic heterocycles. The number of hydrogen-bond donors (Lipinski definition) is 0. The van der Waals surface area contributed by atoms with Gasteiger partial charge >= 0.3 is 0 Å². The van der Waals surface area contributed by atoms with E-state index in [0.29, 0.717) is 10.3 Å². The molecule has 10 heteroatoms. The second kappa shape index (κ2) is 5.12. The van der Waals surface area contributed by atoms with E-state index in [0.717, 1.165) is 61.3 Å². The molecule has 0 radical (unpaired) electrons. The summed E-state index contributed by atoms with van der Waals surface area (Å²) in [6, 6.07) is 0. The van der Waals surface area contributed by atoms with Gasteiger partial charge in [-0.25, -0.2) is 0 Å². The highest BCUT2D eigenvalue weighted by atomic mass is 35.5. The highest BCUT2D eigenvalue weighted by Gasteiger charge is 2.24. The molecule has 6 nitrogen and oxygen atoms in total. The number of aromatic nitrogens is 4. The summed E-state index contributed by atoms with van der Waals surface area (Å²) in [7, 11) is 0. The van der Waals surface area contributed by atoms with Crippen LogP contribution in [0.25, 0.3) is 0 Å². The molecule has 0 aromatic carbocycles. The summed E-state index contributed by atoms with van der Waals surface area (Å²) in [4.78, 5) is 4.24. The molecule has 0 unspecified atom stereocenters. The summed E-state index contributed by atoms with van der Waals surface area (Å²) in [5, 5.41) is 0.948. The van der Waals surface area contributed by atoms with Crippen molar-refractivity contribution >= 4 is 58.3 Å². The molecular weight excluding hydrogens is 315 g/mol. The fraction of sp³-hybridized carbons (Fsp3) is 0.500. The molecule has 0 N–H and O–H groups in total. The van der Waals surface area contributed by atoms with Crippen molar-refractivity contribution in [3.63, 3.8) is 0 Å². The highest BCUT2D eigenvalue weighted by Crippen LogP contribution is 2.27. The molecule has 3 heterocycles. The van der Waals surface area contributed by atoms with Crippen LogP contribution in [0, 0.1) is 0 Å². The zero-order valence-electron chi connectivity index (χ0n) is 9.08. The summed E-state index contributed by atoms with van der Waals surface area (Å²) in [5.41, 5.74) is 0. The first-order chi connectivity index (χ1) is 8.75. The summed E-state index contributed by atoms with van der Waals surface area (Å²) >= 11 is 14.2. The van der Waals surface area contributed by atoms with Crippen LogP contribution >= 0.6 is 46.7 Å². The van der Waals surface area contributed by atoms with Gasteiger partial charge in [0.1, 0.15) is 0 Å². The Bertz CT molecular complexity index is 487. The van der Waals surface area contributed by atoms with E-state index in [1.165, 1.54) is 0 Å². The molecule has 0 aliphatic carbocycles. The van der Waals surface area contributed by atoms with Crippen LogP contribution in [0.1, 0.15) is 0 Å². The summed E-state index contributed by atoms with van der Waals surface area (Å²) in [6.07, 6.45) is 0. The predicted molar refractivity (Wildman–Crippen MR) is 74.3 cm³/mol. The molecule has 0 saturated carbocycles. The lowest BCUT2D eigenvalue weighted by atomic mass is 10.3.